The molecular weight excluding hydrogens is 287 g/mol. The van der Waals surface area contributed by atoms with Crippen LogP contribution in [0, 0.1) is 0 Å². The Morgan fingerprint density at radius 3 is 2.11 bits per heavy atom. The summed E-state index contributed by atoms with van der Waals surface area (Å²) < 4.78 is 18.6. The number of hydrogen-bond donors (Lipinski definition) is 6. The predicted molar refractivity (Wildman–Crippen MR) is 58.7 cm³/mol. The van der Waals surface area contributed by atoms with E-state index in [4.69, 9.17) is 9.79 Å². The third kappa shape index (κ3) is 6.95. The molecule has 0 bridgehead atoms. The second-order valence-corrected chi connectivity index (χ2v) is 4.77. The van der Waals surface area contributed by atoms with Crippen LogP contribution in [0.3, 0.4) is 0 Å². The van der Waals surface area contributed by atoms with Crippen molar-refractivity contribution in [2.45, 2.75) is 31.3 Å². The van der Waals surface area contributed by atoms with Crippen molar-refractivity contribution in [1.29, 1.82) is 0 Å². The Morgan fingerprint density at radius 2 is 1.68 bits per heavy atom. The monoisotopic (exact) mass is 304 g/mol. The van der Waals surface area contributed by atoms with Crippen molar-refractivity contribution in [2.24, 2.45) is 0 Å². The number of phosphoric acid groups is 1. The first kappa shape index (κ1) is 18.4. The highest BCUT2D eigenvalue weighted by atomic mass is 31.2. The number of rotatable bonds is 8. The second kappa shape index (κ2) is 7.88. The molecule has 0 fully saturated rings. The van der Waals surface area contributed by atoms with Crippen molar-refractivity contribution < 1.29 is 48.8 Å². The van der Waals surface area contributed by atoms with Gasteiger partial charge in [0.2, 0.25) is 0 Å². The molecule has 4 unspecified atom stereocenters. The highest BCUT2D eigenvalue weighted by Crippen LogP contribution is 2.35. The standard InChI is InChI=1S/C8H17O10P/c1-2-17-8(13)7(12)6(11)5(10)4(9)3-18-19(14,15)16/h4-7,9-12H,2-3H2,1H3,(H2,14,15,16). The van der Waals surface area contributed by atoms with Crippen molar-refractivity contribution in [3.63, 3.8) is 0 Å². The van der Waals surface area contributed by atoms with Gasteiger partial charge >= 0.3 is 13.8 Å². The van der Waals surface area contributed by atoms with Crippen LogP contribution in [0.4, 0.5) is 0 Å². The molecule has 114 valence electrons. The van der Waals surface area contributed by atoms with Gasteiger partial charge in [0.1, 0.15) is 18.3 Å². The van der Waals surface area contributed by atoms with Gasteiger partial charge in [-0.15, -0.1) is 0 Å². The minimum Gasteiger partial charge on any atom is -0.464 e. The van der Waals surface area contributed by atoms with Gasteiger partial charge in [-0.3, -0.25) is 4.52 Å². The normalized spacial score (nSPS) is 18.5. The van der Waals surface area contributed by atoms with Gasteiger partial charge in [0.05, 0.1) is 13.2 Å². The van der Waals surface area contributed by atoms with Crippen molar-refractivity contribution in [3.8, 4) is 0 Å². The molecule has 0 aliphatic carbocycles. The summed E-state index contributed by atoms with van der Waals surface area (Å²) in [5.41, 5.74) is 0. The quantitative estimate of drug-likeness (QED) is 0.201. The van der Waals surface area contributed by atoms with Crippen LogP contribution in [0.5, 0.6) is 0 Å². The average molecular weight is 304 g/mol. The molecule has 0 amide bonds. The van der Waals surface area contributed by atoms with E-state index in [0.29, 0.717) is 0 Å². The maximum atomic E-state index is 11.0. The number of ether oxygens (including phenoxy) is 1. The SMILES string of the molecule is CCOC(=O)C(O)C(O)C(O)C(O)COP(=O)(O)O. The number of aliphatic hydroxyl groups excluding tert-OH is 4. The van der Waals surface area contributed by atoms with Crippen LogP contribution >= 0.6 is 7.82 Å². The zero-order valence-electron chi connectivity index (χ0n) is 9.99. The minimum atomic E-state index is -4.85. The third-order valence-electron chi connectivity index (χ3n) is 2.01. The number of phosphoric ester groups is 1. The summed E-state index contributed by atoms with van der Waals surface area (Å²) >= 11 is 0. The summed E-state index contributed by atoms with van der Waals surface area (Å²) in [5.74, 6) is -1.21. The molecule has 0 aromatic heterocycles. The lowest BCUT2D eigenvalue weighted by Crippen LogP contribution is -2.49. The van der Waals surface area contributed by atoms with Crippen molar-refractivity contribution in [1.82, 2.24) is 0 Å². The molecule has 11 heteroatoms. The lowest BCUT2D eigenvalue weighted by molar-refractivity contribution is -0.169. The van der Waals surface area contributed by atoms with Gasteiger partial charge < -0.3 is 34.9 Å². The Bertz CT molecular complexity index is 327. The molecule has 0 aliphatic heterocycles. The second-order valence-electron chi connectivity index (χ2n) is 3.53. The van der Waals surface area contributed by atoms with E-state index in [2.05, 4.69) is 9.26 Å². The minimum absolute atomic E-state index is 0.0669. The van der Waals surface area contributed by atoms with Crippen LogP contribution in [0.2, 0.25) is 0 Å². The molecule has 0 aromatic rings. The molecule has 19 heavy (non-hydrogen) atoms. The van der Waals surface area contributed by atoms with Crippen LogP contribution in [-0.4, -0.2) is 73.8 Å². The highest BCUT2D eigenvalue weighted by molar-refractivity contribution is 7.46. The maximum Gasteiger partial charge on any atom is 0.469 e. The van der Waals surface area contributed by atoms with E-state index in [1.807, 2.05) is 0 Å². The van der Waals surface area contributed by atoms with Gasteiger partial charge in [-0.2, -0.15) is 0 Å². The van der Waals surface area contributed by atoms with Gasteiger partial charge in [-0.1, -0.05) is 0 Å². The number of esters is 1. The first-order valence-electron chi connectivity index (χ1n) is 5.19. The molecule has 0 aliphatic rings. The molecule has 4 atom stereocenters. The van der Waals surface area contributed by atoms with E-state index in [1.54, 1.807) is 0 Å². The summed E-state index contributed by atoms with van der Waals surface area (Å²) in [6, 6.07) is 0. The zero-order chi connectivity index (χ0) is 15.2. The molecule has 6 N–H and O–H groups in total. The van der Waals surface area contributed by atoms with Crippen molar-refractivity contribution >= 4 is 13.8 Å². The number of carbonyl (C=O) groups is 1. The van der Waals surface area contributed by atoms with Gasteiger partial charge in [-0.25, -0.2) is 9.36 Å². The van der Waals surface area contributed by atoms with E-state index in [0.717, 1.165) is 0 Å². The van der Waals surface area contributed by atoms with Crippen LogP contribution < -0.4 is 0 Å². The molecule has 0 saturated heterocycles. The lowest BCUT2D eigenvalue weighted by Gasteiger charge is -2.25. The van der Waals surface area contributed by atoms with Crippen LogP contribution in [0.25, 0.3) is 0 Å². The van der Waals surface area contributed by atoms with Crippen molar-refractivity contribution in [2.75, 3.05) is 13.2 Å². The van der Waals surface area contributed by atoms with Crippen LogP contribution in [0.1, 0.15) is 6.92 Å². The van der Waals surface area contributed by atoms with Gasteiger partial charge in [0, 0.05) is 0 Å². The maximum absolute atomic E-state index is 11.0. The Labute approximate surface area is 108 Å². The van der Waals surface area contributed by atoms with Gasteiger partial charge in [-0.05, 0) is 6.92 Å². The number of carbonyl (C=O) groups excluding carboxylic acids is 1. The van der Waals surface area contributed by atoms with Crippen molar-refractivity contribution in [3.05, 3.63) is 0 Å². The van der Waals surface area contributed by atoms with E-state index in [9.17, 15) is 29.8 Å². The molecule has 0 radical (unpaired) electrons. The molecule has 0 heterocycles. The fraction of sp³-hybridized carbons (Fsp3) is 0.875. The molecule has 0 saturated carbocycles. The summed E-state index contributed by atoms with van der Waals surface area (Å²) in [6.07, 6.45) is -8.20. The fourth-order valence-electron chi connectivity index (χ4n) is 1.05. The van der Waals surface area contributed by atoms with Gasteiger partial charge in [0.25, 0.3) is 0 Å². The predicted octanol–water partition coefficient (Wildman–Crippen LogP) is -2.90. The summed E-state index contributed by atoms with van der Waals surface area (Å²) in [7, 11) is -4.85. The summed E-state index contributed by atoms with van der Waals surface area (Å²) in [6.45, 7) is 0.386. The van der Waals surface area contributed by atoms with E-state index >= 15 is 0 Å². The van der Waals surface area contributed by atoms with E-state index < -0.39 is 44.8 Å². The summed E-state index contributed by atoms with van der Waals surface area (Å²) in [5, 5.41) is 37.3. The van der Waals surface area contributed by atoms with Crippen LogP contribution in [-0.2, 0) is 18.6 Å². The average Bonchev–Trinajstić information content (AvgIpc) is 2.32. The largest absolute Gasteiger partial charge is 0.469 e. The molecule has 0 aromatic carbocycles. The van der Waals surface area contributed by atoms with E-state index in [-0.39, 0.29) is 6.61 Å². The Hall–Kier alpha value is -0.580. The summed E-state index contributed by atoms with van der Waals surface area (Å²) in [4.78, 5) is 27.8. The van der Waals surface area contributed by atoms with Crippen LogP contribution in [0.15, 0.2) is 0 Å². The Balaban J connectivity index is 4.42. The Kier molecular flexibility index (Phi) is 7.64. The first-order chi connectivity index (χ1) is 8.60. The van der Waals surface area contributed by atoms with Gasteiger partial charge in [0.15, 0.2) is 6.10 Å². The number of hydrogen-bond acceptors (Lipinski definition) is 8. The smallest absolute Gasteiger partial charge is 0.464 e. The topological polar surface area (TPSA) is 174 Å². The molecule has 0 rings (SSSR count). The fourth-order valence-corrected chi connectivity index (χ4v) is 1.40. The number of aliphatic hydroxyl groups is 4. The lowest BCUT2D eigenvalue weighted by atomic mass is 10.0. The zero-order valence-corrected chi connectivity index (χ0v) is 10.9. The van der Waals surface area contributed by atoms with E-state index in [1.165, 1.54) is 6.92 Å². The molecular formula is C8H17O10P. The Morgan fingerprint density at radius 1 is 1.16 bits per heavy atom. The highest BCUT2D eigenvalue weighted by Gasteiger charge is 2.36. The first-order valence-corrected chi connectivity index (χ1v) is 6.72. The third-order valence-corrected chi connectivity index (χ3v) is 2.49. The molecule has 10 nitrogen and oxygen atoms in total. The molecule has 0 spiro atoms.